The molecule has 0 bridgehead atoms. The van der Waals surface area contributed by atoms with Gasteiger partial charge in [0.1, 0.15) is 17.6 Å². The van der Waals surface area contributed by atoms with Crippen LogP contribution in [0.2, 0.25) is 0 Å². The standard InChI is InChI=1S/C22H29FN6O3/c1-13-8-15(6-7-18(13)23)24-22(31)28-12-17-19(9-14(28)2)25-29-11-16(10-26(3)4)32-27(5)21(30)20(17)29/h6-8,14,16H,9-12H2,1-5H3,(H,24,31)/t14-,16+/m1/s1. The molecule has 0 saturated carbocycles. The van der Waals surface area contributed by atoms with Crippen molar-refractivity contribution in [3.8, 4) is 0 Å². The van der Waals surface area contributed by atoms with Crippen molar-refractivity contribution in [2.24, 2.45) is 0 Å². The number of halogens is 1. The highest BCUT2D eigenvalue weighted by molar-refractivity contribution is 5.94. The molecule has 0 saturated heterocycles. The van der Waals surface area contributed by atoms with Crippen LogP contribution in [0.4, 0.5) is 14.9 Å². The maximum absolute atomic E-state index is 13.6. The number of aryl methyl sites for hydroxylation is 1. The minimum Gasteiger partial charge on any atom is -0.317 e. The molecule has 0 unspecified atom stereocenters. The number of rotatable bonds is 3. The van der Waals surface area contributed by atoms with Gasteiger partial charge in [-0.1, -0.05) is 0 Å². The summed E-state index contributed by atoms with van der Waals surface area (Å²) in [5.41, 5.74) is 3.03. The van der Waals surface area contributed by atoms with Gasteiger partial charge in [-0.2, -0.15) is 5.10 Å². The van der Waals surface area contributed by atoms with Crippen molar-refractivity contribution in [1.82, 2.24) is 24.6 Å². The largest absolute Gasteiger partial charge is 0.322 e. The first kappa shape index (κ1) is 22.2. The lowest BCUT2D eigenvalue weighted by molar-refractivity contribution is -0.152. The van der Waals surface area contributed by atoms with E-state index in [1.165, 1.54) is 17.2 Å². The number of carbonyl (C=O) groups excluding carboxylic acids is 2. The lowest BCUT2D eigenvalue weighted by Gasteiger charge is -2.33. The number of hydroxylamine groups is 2. The molecular formula is C22H29FN6O3. The Bertz CT molecular complexity index is 1050. The molecule has 2 aliphatic rings. The van der Waals surface area contributed by atoms with E-state index in [9.17, 15) is 14.0 Å². The average molecular weight is 445 g/mol. The molecule has 0 aliphatic carbocycles. The van der Waals surface area contributed by atoms with E-state index in [2.05, 4.69) is 5.32 Å². The van der Waals surface area contributed by atoms with Crippen molar-refractivity contribution in [1.29, 1.82) is 0 Å². The molecule has 0 radical (unpaired) electrons. The molecule has 10 heteroatoms. The zero-order valence-electron chi connectivity index (χ0n) is 19.1. The van der Waals surface area contributed by atoms with Crippen LogP contribution in [0.3, 0.4) is 0 Å². The maximum Gasteiger partial charge on any atom is 0.322 e. The fourth-order valence-corrected chi connectivity index (χ4v) is 4.30. The first-order chi connectivity index (χ1) is 15.1. The van der Waals surface area contributed by atoms with Crippen LogP contribution in [0, 0.1) is 12.7 Å². The van der Waals surface area contributed by atoms with Crippen LogP contribution in [-0.2, 0) is 24.3 Å². The fourth-order valence-electron chi connectivity index (χ4n) is 4.30. The highest BCUT2D eigenvalue weighted by Crippen LogP contribution is 2.29. The number of aromatic nitrogens is 2. The van der Waals surface area contributed by atoms with E-state index in [0.29, 0.717) is 36.5 Å². The van der Waals surface area contributed by atoms with Gasteiger partial charge in [0.15, 0.2) is 0 Å². The summed E-state index contributed by atoms with van der Waals surface area (Å²) in [6.45, 7) is 4.96. The maximum atomic E-state index is 13.6. The molecule has 1 aromatic carbocycles. The van der Waals surface area contributed by atoms with E-state index in [-0.39, 0.29) is 36.4 Å². The second-order valence-corrected chi connectivity index (χ2v) is 8.82. The minimum absolute atomic E-state index is 0.107. The highest BCUT2D eigenvalue weighted by atomic mass is 19.1. The van der Waals surface area contributed by atoms with Crippen molar-refractivity contribution in [2.45, 2.75) is 45.5 Å². The van der Waals surface area contributed by atoms with Gasteiger partial charge in [0.2, 0.25) is 0 Å². The number of hydrogen-bond acceptors (Lipinski definition) is 5. The summed E-state index contributed by atoms with van der Waals surface area (Å²) in [6.07, 6.45) is 0.321. The predicted octanol–water partition coefficient (Wildman–Crippen LogP) is 2.26. The number of urea groups is 1. The van der Waals surface area contributed by atoms with Gasteiger partial charge in [-0.25, -0.2) is 14.2 Å². The number of nitrogens with zero attached hydrogens (tertiary/aromatic N) is 5. The van der Waals surface area contributed by atoms with Crippen molar-refractivity contribution in [3.05, 3.63) is 46.5 Å². The molecule has 2 aromatic rings. The third-order valence-electron chi connectivity index (χ3n) is 5.89. The second-order valence-electron chi connectivity index (χ2n) is 8.82. The number of nitrogens with one attached hydrogen (secondary N) is 1. The Labute approximate surface area is 186 Å². The van der Waals surface area contributed by atoms with Gasteiger partial charge < -0.3 is 15.1 Å². The van der Waals surface area contributed by atoms with E-state index in [1.54, 1.807) is 29.6 Å². The third kappa shape index (κ3) is 4.20. The molecule has 3 heterocycles. The zero-order chi connectivity index (χ0) is 23.2. The number of amides is 3. The van der Waals surface area contributed by atoms with Crippen LogP contribution in [0.5, 0.6) is 0 Å². The van der Waals surface area contributed by atoms with Crippen LogP contribution in [0.25, 0.3) is 0 Å². The smallest absolute Gasteiger partial charge is 0.317 e. The predicted molar refractivity (Wildman–Crippen MR) is 117 cm³/mol. The van der Waals surface area contributed by atoms with Crippen molar-refractivity contribution < 1.29 is 18.8 Å². The first-order valence-corrected chi connectivity index (χ1v) is 10.7. The van der Waals surface area contributed by atoms with Gasteiger partial charge in [-0.15, -0.1) is 0 Å². The molecule has 9 nitrogen and oxygen atoms in total. The third-order valence-corrected chi connectivity index (χ3v) is 5.89. The molecule has 0 spiro atoms. The van der Waals surface area contributed by atoms with Gasteiger partial charge in [-0.05, 0) is 51.7 Å². The number of benzene rings is 1. The first-order valence-electron chi connectivity index (χ1n) is 10.7. The quantitative estimate of drug-likeness (QED) is 0.785. The topological polar surface area (TPSA) is 82.9 Å². The van der Waals surface area contributed by atoms with Gasteiger partial charge >= 0.3 is 6.03 Å². The van der Waals surface area contributed by atoms with Crippen LogP contribution in [0.15, 0.2) is 18.2 Å². The van der Waals surface area contributed by atoms with E-state index in [4.69, 9.17) is 9.94 Å². The van der Waals surface area contributed by atoms with Crippen molar-refractivity contribution in [3.63, 3.8) is 0 Å². The summed E-state index contributed by atoms with van der Waals surface area (Å²) in [4.78, 5) is 35.6. The number of hydrogen-bond donors (Lipinski definition) is 1. The van der Waals surface area contributed by atoms with E-state index >= 15 is 0 Å². The second kappa shape index (κ2) is 8.51. The Balaban J connectivity index is 1.60. The van der Waals surface area contributed by atoms with Crippen molar-refractivity contribution in [2.75, 3.05) is 33.0 Å². The summed E-state index contributed by atoms with van der Waals surface area (Å²) in [5.74, 6) is -0.594. The lowest BCUT2D eigenvalue weighted by atomic mass is 9.99. The Morgan fingerprint density at radius 1 is 1.38 bits per heavy atom. The average Bonchev–Trinajstić information content (AvgIpc) is 2.99. The van der Waals surface area contributed by atoms with Crippen LogP contribution in [-0.4, -0.2) is 76.4 Å². The van der Waals surface area contributed by atoms with Gasteiger partial charge in [0, 0.05) is 37.3 Å². The van der Waals surface area contributed by atoms with Gasteiger partial charge in [0.05, 0.1) is 18.8 Å². The lowest BCUT2D eigenvalue weighted by Crippen LogP contribution is -2.45. The summed E-state index contributed by atoms with van der Waals surface area (Å²) in [5, 5.41) is 8.82. The molecule has 172 valence electrons. The van der Waals surface area contributed by atoms with E-state index in [1.807, 2.05) is 25.9 Å². The molecule has 4 rings (SSSR count). The highest BCUT2D eigenvalue weighted by Gasteiger charge is 2.37. The molecule has 2 aliphatic heterocycles. The molecule has 32 heavy (non-hydrogen) atoms. The van der Waals surface area contributed by atoms with E-state index < -0.39 is 0 Å². The fraction of sp³-hybridized carbons (Fsp3) is 0.500. The number of fused-ring (bicyclic) bond motifs is 3. The molecule has 1 aromatic heterocycles. The van der Waals surface area contributed by atoms with Crippen LogP contribution in [0.1, 0.15) is 34.2 Å². The Morgan fingerprint density at radius 3 is 2.81 bits per heavy atom. The number of likely N-dealkylation sites (N-methyl/N-ethyl adjacent to an activating group) is 1. The zero-order valence-corrected chi connectivity index (χ0v) is 19.1. The molecule has 2 atom stereocenters. The van der Waals surface area contributed by atoms with E-state index in [0.717, 1.165) is 11.3 Å². The Morgan fingerprint density at radius 2 is 2.12 bits per heavy atom. The normalized spacial score (nSPS) is 20.8. The Kier molecular flexibility index (Phi) is 5.91. The monoisotopic (exact) mass is 444 g/mol. The number of anilines is 1. The molecular weight excluding hydrogens is 415 g/mol. The van der Waals surface area contributed by atoms with Crippen LogP contribution >= 0.6 is 0 Å². The van der Waals surface area contributed by atoms with Gasteiger partial charge in [0.25, 0.3) is 5.91 Å². The molecule has 3 amide bonds. The minimum atomic E-state index is -0.320. The summed E-state index contributed by atoms with van der Waals surface area (Å²) >= 11 is 0. The van der Waals surface area contributed by atoms with Gasteiger partial charge in [-0.3, -0.25) is 14.3 Å². The summed E-state index contributed by atoms with van der Waals surface area (Å²) < 4.78 is 15.3. The summed E-state index contributed by atoms with van der Waals surface area (Å²) in [6, 6.07) is 4.06. The number of carbonyl (C=O) groups is 2. The molecule has 1 N–H and O–H groups in total. The SMILES string of the molecule is Cc1cc(NC(=O)N2Cc3c(nn4c3C(=O)N(C)O[C@@H](CN(C)C)C4)C[C@H]2C)ccc1F. The van der Waals surface area contributed by atoms with Crippen molar-refractivity contribution >= 4 is 17.6 Å². The Hall–Kier alpha value is -2.98. The molecule has 0 fully saturated rings. The van der Waals surface area contributed by atoms with Crippen LogP contribution < -0.4 is 5.32 Å². The summed E-state index contributed by atoms with van der Waals surface area (Å²) in [7, 11) is 5.50.